The monoisotopic (exact) mass is 205 g/mol. The van der Waals surface area contributed by atoms with Crippen molar-refractivity contribution in [3.05, 3.63) is 35.4 Å². The summed E-state index contributed by atoms with van der Waals surface area (Å²) in [4.78, 5) is 0. The molecule has 0 saturated heterocycles. The van der Waals surface area contributed by atoms with E-state index in [-0.39, 0.29) is 5.41 Å². The topological polar surface area (TPSA) is 26.0 Å². The van der Waals surface area contributed by atoms with E-state index in [1.54, 1.807) is 0 Å². The highest BCUT2D eigenvalue weighted by molar-refractivity contribution is 5.27. The normalized spacial score (nSPS) is 13.9. The molecule has 0 saturated carbocycles. The molecule has 0 fully saturated rings. The van der Waals surface area contributed by atoms with Gasteiger partial charge in [0.1, 0.15) is 0 Å². The number of benzene rings is 1. The zero-order valence-corrected chi connectivity index (χ0v) is 10.4. The van der Waals surface area contributed by atoms with Crippen LogP contribution in [0.3, 0.4) is 0 Å². The van der Waals surface area contributed by atoms with E-state index in [9.17, 15) is 0 Å². The molecule has 0 radical (unpaired) electrons. The van der Waals surface area contributed by atoms with Crippen LogP contribution in [-0.2, 0) is 11.8 Å². The van der Waals surface area contributed by atoms with Crippen molar-refractivity contribution in [1.82, 2.24) is 0 Å². The predicted octanol–water partition coefficient (Wildman–Crippen LogP) is 3.26. The minimum atomic E-state index is 0.250. The van der Waals surface area contributed by atoms with E-state index in [0.29, 0.717) is 6.04 Å². The summed E-state index contributed by atoms with van der Waals surface area (Å²) in [5.41, 5.74) is 8.77. The van der Waals surface area contributed by atoms with Gasteiger partial charge >= 0.3 is 0 Å². The van der Waals surface area contributed by atoms with Gasteiger partial charge in [0.2, 0.25) is 0 Å². The third kappa shape index (κ3) is 4.05. The van der Waals surface area contributed by atoms with E-state index in [1.165, 1.54) is 11.1 Å². The first-order valence-electron chi connectivity index (χ1n) is 5.74. The summed E-state index contributed by atoms with van der Waals surface area (Å²) in [7, 11) is 0. The average molecular weight is 205 g/mol. The largest absolute Gasteiger partial charge is 0.328 e. The number of nitrogens with two attached hydrogens (primary N) is 1. The first-order valence-corrected chi connectivity index (χ1v) is 5.74. The van der Waals surface area contributed by atoms with Crippen molar-refractivity contribution >= 4 is 0 Å². The van der Waals surface area contributed by atoms with Gasteiger partial charge in [0, 0.05) is 6.04 Å². The summed E-state index contributed by atoms with van der Waals surface area (Å²) in [6.45, 7) is 8.78. The summed E-state index contributed by atoms with van der Waals surface area (Å²) < 4.78 is 0. The van der Waals surface area contributed by atoms with Crippen molar-refractivity contribution in [1.29, 1.82) is 0 Å². The van der Waals surface area contributed by atoms with Crippen LogP contribution in [0.2, 0.25) is 0 Å². The molecule has 0 unspecified atom stereocenters. The Morgan fingerprint density at radius 2 is 1.67 bits per heavy atom. The first-order chi connectivity index (χ1) is 6.89. The van der Waals surface area contributed by atoms with Crippen molar-refractivity contribution in [2.45, 2.75) is 52.0 Å². The number of hydrogen-bond acceptors (Lipinski definition) is 1. The van der Waals surface area contributed by atoms with Gasteiger partial charge in [0.25, 0.3) is 0 Å². The molecule has 1 rings (SSSR count). The Labute approximate surface area is 93.7 Å². The van der Waals surface area contributed by atoms with E-state index >= 15 is 0 Å². The maximum atomic E-state index is 5.74. The summed E-state index contributed by atoms with van der Waals surface area (Å²) in [5, 5.41) is 0. The Morgan fingerprint density at radius 1 is 1.13 bits per heavy atom. The van der Waals surface area contributed by atoms with Gasteiger partial charge in [-0.1, -0.05) is 45.0 Å². The molecule has 0 bridgehead atoms. The SMILES string of the molecule is C[C@H](N)CCc1ccc(C(C)(C)C)cc1. The second-order valence-corrected chi connectivity index (χ2v) is 5.46. The van der Waals surface area contributed by atoms with Crippen LogP contribution in [0, 0.1) is 0 Å². The summed E-state index contributed by atoms with van der Waals surface area (Å²) >= 11 is 0. The maximum Gasteiger partial charge on any atom is 0.00136 e. The molecule has 0 aliphatic heterocycles. The van der Waals surface area contributed by atoms with Crippen molar-refractivity contribution in [2.24, 2.45) is 5.73 Å². The third-order valence-electron chi connectivity index (χ3n) is 2.71. The minimum absolute atomic E-state index is 0.250. The van der Waals surface area contributed by atoms with Gasteiger partial charge in [-0.3, -0.25) is 0 Å². The Kier molecular flexibility index (Phi) is 3.92. The Hall–Kier alpha value is -0.820. The fraction of sp³-hybridized carbons (Fsp3) is 0.571. The van der Waals surface area contributed by atoms with Crippen molar-refractivity contribution in [3.8, 4) is 0 Å². The lowest BCUT2D eigenvalue weighted by Crippen LogP contribution is -2.15. The van der Waals surface area contributed by atoms with E-state index in [1.807, 2.05) is 0 Å². The molecule has 0 aromatic heterocycles. The lowest BCUT2D eigenvalue weighted by atomic mass is 9.86. The molecule has 1 aromatic rings. The lowest BCUT2D eigenvalue weighted by Gasteiger charge is -2.19. The van der Waals surface area contributed by atoms with Crippen LogP contribution in [-0.4, -0.2) is 6.04 Å². The molecule has 0 heterocycles. The molecule has 1 aromatic carbocycles. The van der Waals surface area contributed by atoms with Gasteiger partial charge < -0.3 is 5.73 Å². The van der Waals surface area contributed by atoms with Crippen LogP contribution in [0.1, 0.15) is 45.2 Å². The summed E-state index contributed by atoms with van der Waals surface area (Å²) in [6, 6.07) is 9.21. The van der Waals surface area contributed by atoms with E-state index in [2.05, 4.69) is 52.0 Å². The molecular weight excluding hydrogens is 182 g/mol. The highest BCUT2D eigenvalue weighted by atomic mass is 14.6. The highest BCUT2D eigenvalue weighted by Crippen LogP contribution is 2.22. The highest BCUT2D eigenvalue weighted by Gasteiger charge is 2.12. The molecule has 1 nitrogen and oxygen atoms in total. The van der Waals surface area contributed by atoms with Gasteiger partial charge in [-0.05, 0) is 36.3 Å². The second-order valence-electron chi connectivity index (χ2n) is 5.46. The molecule has 1 atom stereocenters. The Balaban J connectivity index is 2.65. The zero-order chi connectivity index (χ0) is 11.5. The van der Waals surface area contributed by atoms with E-state index in [0.717, 1.165) is 12.8 Å². The van der Waals surface area contributed by atoms with Crippen LogP contribution in [0.15, 0.2) is 24.3 Å². The van der Waals surface area contributed by atoms with Gasteiger partial charge in [-0.2, -0.15) is 0 Å². The van der Waals surface area contributed by atoms with Crippen molar-refractivity contribution in [3.63, 3.8) is 0 Å². The van der Waals surface area contributed by atoms with Crippen LogP contribution in [0.25, 0.3) is 0 Å². The average Bonchev–Trinajstić information content (AvgIpc) is 2.14. The molecule has 1 heteroatoms. The standard InChI is InChI=1S/C14H23N/c1-11(15)5-6-12-7-9-13(10-8-12)14(2,3)4/h7-11H,5-6,15H2,1-4H3/t11-/m0/s1. The van der Waals surface area contributed by atoms with Gasteiger partial charge in [0.15, 0.2) is 0 Å². The van der Waals surface area contributed by atoms with Crippen molar-refractivity contribution < 1.29 is 0 Å². The van der Waals surface area contributed by atoms with Gasteiger partial charge in [-0.25, -0.2) is 0 Å². The first kappa shape index (κ1) is 12.3. The summed E-state index contributed by atoms with van der Waals surface area (Å²) in [6.07, 6.45) is 2.15. The van der Waals surface area contributed by atoms with Crippen LogP contribution in [0.4, 0.5) is 0 Å². The Morgan fingerprint density at radius 3 is 2.07 bits per heavy atom. The zero-order valence-electron chi connectivity index (χ0n) is 10.4. The molecule has 0 aliphatic carbocycles. The molecular formula is C14H23N. The van der Waals surface area contributed by atoms with E-state index < -0.39 is 0 Å². The number of rotatable bonds is 3. The smallest absolute Gasteiger partial charge is 0.00136 e. The van der Waals surface area contributed by atoms with Gasteiger partial charge in [0.05, 0.1) is 0 Å². The quantitative estimate of drug-likeness (QED) is 0.805. The molecule has 2 N–H and O–H groups in total. The molecule has 84 valence electrons. The number of aryl methyl sites for hydroxylation is 1. The van der Waals surface area contributed by atoms with Crippen LogP contribution >= 0.6 is 0 Å². The third-order valence-corrected chi connectivity index (χ3v) is 2.71. The molecule has 0 amide bonds. The van der Waals surface area contributed by atoms with Crippen molar-refractivity contribution in [2.75, 3.05) is 0 Å². The summed E-state index contributed by atoms with van der Waals surface area (Å²) in [5.74, 6) is 0. The molecule has 0 spiro atoms. The van der Waals surface area contributed by atoms with Gasteiger partial charge in [-0.15, -0.1) is 0 Å². The predicted molar refractivity (Wildman–Crippen MR) is 67.1 cm³/mol. The molecule has 0 aliphatic rings. The molecule has 15 heavy (non-hydrogen) atoms. The van der Waals surface area contributed by atoms with E-state index in [4.69, 9.17) is 5.73 Å². The number of hydrogen-bond donors (Lipinski definition) is 1. The fourth-order valence-electron chi connectivity index (χ4n) is 1.57. The lowest BCUT2D eigenvalue weighted by molar-refractivity contribution is 0.589. The van der Waals surface area contributed by atoms with Crippen LogP contribution < -0.4 is 5.73 Å². The Bertz CT molecular complexity index is 290. The van der Waals surface area contributed by atoms with Crippen LogP contribution in [0.5, 0.6) is 0 Å². The minimum Gasteiger partial charge on any atom is -0.328 e. The second kappa shape index (κ2) is 4.80. The fourth-order valence-corrected chi connectivity index (χ4v) is 1.57. The maximum absolute atomic E-state index is 5.74.